The van der Waals surface area contributed by atoms with E-state index in [4.69, 9.17) is 28.4 Å². The Kier molecular flexibility index (Phi) is 12.9. The zero-order valence-corrected chi connectivity index (χ0v) is 29.0. The van der Waals surface area contributed by atoms with Crippen LogP contribution in [0.1, 0.15) is 40.1 Å². The lowest BCUT2D eigenvalue weighted by Crippen LogP contribution is -2.48. The summed E-state index contributed by atoms with van der Waals surface area (Å²) in [6.07, 6.45) is -4.67. The third-order valence-electron chi connectivity index (χ3n) is 7.00. The first-order chi connectivity index (χ1) is 25.3. The Morgan fingerprint density at radius 1 is 0.604 bits per heavy atom. The van der Waals surface area contributed by atoms with Gasteiger partial charge in [0, 0.05) is 19.5 Å². The number of carboxylic acids is 1. The largest absolute Gasteiger partial charge is 0.493 e. The monoisotopic (exact) mass is 727 g/mol. The molecule has 0 radical (unpaired) electrons. The van der Waals surface area contributed by atoms with Crippen molar-refractivity contribution in [3.63, 3.8) is 0 Å². The predicted molar refractivity (Wildman–Crippen MR) is 185 cm³/mol. The number of aryl methyl sites for hydroxylation is 1. The molecule has 0 unspecified atom stereocenters. The third kappa shape index (κ3) is 10.7. The van der Waals surface area contributed by atoms with E-state index in [2.05, 4.69) is 15.5 Å². The van der Waals surface area contributed by atoms with Crippen molar-refractivity contribution in [2.45, 2.75) is 33.0 Å². The van der Waals surface area contributed by atoms with Crippen molar-refractivity contribution in [3.05, 3.63) is 102 Å². The molecule has 0 saturated heterocycles. The molecule has 0 aliphatic heterocycles. The molecule has 2 N–H and O–H groups in total. The Hall–Kier alpha value is -7.10. The normalized spacial score (nSPS) is 11.8. The minimum atomic E-state index is -2.39. The zero-order chi connectivity index (χ0) is 38.7. The number of aliphatic carboxylic acids is 1. The second-order valence-electron chi connectivity index (χ2n) is 11.0. The molecule has 0 heterocycles. The van der Waals surface area contributed by atoms with Crippen LogP contribution in [0.25, 0.3) is 0 Å². The summed E-state index contributed by atoms with van der Waals surface area (Å²) in [7, 11) is 2.49. The zero-order valence-electron chi connectivity index (χ0n) is 29.0. The summed E-state index contributed by atoms with van der Waals surface area (Å²) in [5.74, 6) is -7.01. The maximum Gasteiger partial charge on any atom is 0.349 e. The first-order valence-electron chi connectivity index (χ1n) is 15.5. The smallest absolute Gasteiger partial charge is 0.349 e. The highest BCUT2D eigenvalue weighted by Crippen LogP contribution is 2.31. The number of azo groups is 1. The van der Waals surface area contributed by atoms with E-state index in [0.717, 1.165) is 37.6 Å². The van der Waals surface area contributed by atoms with Gasteiger partial charge in [-0.2, -0.15) is 10.2 Å². The van der Waals surface area contributed by atoms with E-state index in [1.165, 1.54) is 56.7 Å². The Labute approximate surface area is 302 Å². The molecule has 53 heavy (non-hydrogen) atoms. The van der Waals surface area contributed by atoms with Crippen molar-refractivity contribution in [1.29, 1.82) is 0 Å². The van der Waals surface area contributed by atoms with Crippen molar-refractivity contribution in [3.8, 4) is 23.0 Å². The second-order valence-corrected chi connectivity index (χ2v) is 11.0. The molecule has 2 atom stereocenters. The summed E-state index contributed by atoms with van der Waals surface area (Å²) in [6, 6.07) is 20.3. The van der Waals surface area contributed by atoms with Gasteiger partial charge in [0.1, 0.15) is 0 Å². The summed E-state index contributed by atoms with van der Waals surface area (Å²) in [5.41, 5.74) is 1.74. The van der Waals surface area contributed by atoms with E-state index >= 15 is 0 Å². The summed E-state index contributed by atoms with van der Waals surface area (Å²) in [6.45, 7) is 4.25. The van der Waals surface area contributed by atoms with E-state index in [9.17, 15) is 33.9 Å². The number of nitrogens with one attached hydrogen (secondary N) is 1. The maximum absolute atomic E-state index is 13.7. The van der Waals surface area contributed by atoms with Gasteiger partial charge in [-0.3, -0.25) is 14.4 Å². The topological polar surface area (TPSA) is 215 Å². The van der Waals surface area contributed by atoms with Crippen LogP contribution in [0.2, 0.25) is 0 Å². The Balaban J connectivity index is 1.63. The lowest BCUT2D eigenvalue weighted by Gasteiger charge is -2.24. The van der Waals surface area contributed by atoms with Crippen molar-refractivity contribution in [1.82, 2.24) is 0 Å². The number of carboxylic acid groups (broad SMARTS) is 1. The van der Waals surface area contributed by atoms with E-state index in [0.29, 0.717) is 11.4 Å². The fraction of sp³-hybridized carbons (Fsp3) is 0.189. The van der Waals surface area contributed by atoms with Crippen LogP contribution in [0.4, 0.5) is 17.1 Å². The van der Waals surface area contributed by atoms with E-state index in [1.54, 1.807) is 12.1 Å². The quantitative estimate of drug-likeness (QED) is 0.0900. The number of carbonyl (C=O) groups excluding carboxylic acids is 5. The number of amides is 1. The second kappa shape index (κ2) is 17.7. The minimum Gasteiger partial charge on any atom is -0.493 e. The van der Waals surface area contributed by atoms with Gasteiger partial charge in [-0.25, -0.2) is 14.4 Å². The Bertz CT molecular complexity index is 2040. The maximum atomic E-state index is 13.7. The van der Waals surface area contributed by atoms with Gasteiger partial charge in [-0.1, -0.05) is 17.7 Å². The molecule has 0 saturated carbocycles. The first-order valence-corrected chi connectivity index (χ1v) is 15.5. The van der Waals surface area contributed by atoms with E-state index < -0.39 is 48.0 Å². The molecule has 0 spiro atoms. The van der Waals surface area contributed by atoms with Crippen molar-refractivity contribution >= 4 is 52.8 Å². The number of carbonyl (C=O) groups is 6. The summed E-state index contributed by atoms with van der Waals surface area (Å²) in [4.78, 5) is 75.7. The van der Waals surface area contributed by atoms with Gasteiger partial charge in [0.25, 0.3) is 5.91 Å². The van der Waals surface area contributed by atoms with Gasteiger partial charge < -0.3 is 38.8 Å². The standard InChI is InChI=1S/C37H33N3O13/c1-20-6-10-26(11-7-20)39-40-27-14-12-25(13-15-27)38-34(43)32(52-36(46)23-8-16-28(50-21(2)41)30(18-23)48-4)33(35(44)45)53-37(47)24-9-17-29(51-22(3)42)31(19-24)49-5/h6-19,32-33H,1-5H3,(H,38,43)(H,44,45)/t32-,33+/m0/s1. The first kappa shape index (κ1) is 38.7. The highest BCUT2D eigenvalue weighted by molar-refractivity contribution is 6.02. The molecule has 1 amide bonds. The SMILES string of the molecule is COc1cc(C(=O)O[C@H](C(=O)Nc2ccc(N=Nc3ccc(C)cc3)cc2)[C@@H](OC(=O)c2ccc(OC(C)=O)c(OC)c2)C(=O)O)ccc1OC(C)=O. The molecule has 0 bridgehead atoms. The number of benzene rings is 4. The molecule has 16 nitrogen and oxygen atoms in total. The Morgan fingerprint density at radius 3 is 1.45 bits per heavy atom. The highest BCUT2D eigenvalue weighted by atomic mass is 16.6. The molecule has 274 valence electrons. The highest BCUT2D eigenvalue weighted by Gasteiger charge is 2.41. The van der Waals surface area contributed by atoms with Gasteiger partial charge in [0.2, 0.25) is 12.2 Å². The number of anilines is 1. The molecular weight excluding hydrogens is 694 g/mol. The lowest BCUT2D eigenvalue weighted by molar-refractivity contribution is -0.157. The minimum absolute atomic E-state index is 0.0276. The van der Waals surface area contributed by atoms with Gasteiger partial charge in [-0.15, -0.1) is 0 Å². The third-order valence-corrected chi connectivity index (χ3v) is 7.00. The van der Waals surface area contributed by atoms with Crippen LogP contribution in [-0.2, 0) is 28.7 Å². The summed E-state index contributed by atoms with van der Waals surface area (Å²) in [5, 5.41) is 20.9. The van der Waals surface area contributed by atoms with Crippen molar-refractivity contribution in [2.75, 3.05) is 19.5 Å². The molecule has 16 heteroatoms. The number of esters is 4. The molecule has 0 aliphatic carbocycles. The number of nitrogens with zero attached hydrogens (tertiary/aromatic N) is 2. The van der Waals surface area contributed by atoms with Gasteiger partial charge in [-0.05, 0) is 79.7 Å². The van der Waals surface area contributed by atoms with E-state index in [-0.39, 0.29) is 39.8 Å². The Morgan fingerprint density at radius 2 is 1.04 bits per heavy atom. The number of rotatable bonds is 14. The van der Waals surface area contributed by atoms with Crippen molar-refractivity contribution < 1.29 is 62.3 Å². The number of hydrogen-bond donors (Lipinski definition) is 2. The molecule has 4 rings (SSSR count). The van der Waals surface area contributed by atoms with E-state index in [1.807, 2.05) is 19.1 Å². The van der Waals surface area contributed by atoms with Crippen LogP contribution in [0.5, 0.6) is 23.0 Å². The number of ether oxygens (including phenoxy) is 6. The molecule has 4 aromatic carbocycles. The average molecular weight is 728 g/mol. The van der Waals surface area contributed by atoms with Crippen LogP contribution in [0, 0.1) is 6.92 Å². The van der Waals surface area contributed by atoms with Crippen molar-refractivity contribution in [2.24, 2.45) is 10.2 Å². The van der Waals surface area contributed by atoms with Crippen LogP contribution >= 0.6 is 0 Å². The van der Waals surface area contributed by atoms with Crippen LogP contribution in [0.15, 0.2) is 95.2 Å². The van der Waals surface area contributed by atoms with Gasteiger partial charge in [0.05, 0.1) is 36.7 Å². The molecule has 4 aromatic rings. The van der Waals surface area contributed by atoms with Crippen LogP contribution in [-0.4, -0.2) is 67.3 Å². The fourth-order valence-electron chi connectivity index (χ4n) is 4.48. The molecule has 0 aliphatic rings. The number of hydrogen-bond acceptors (Lipinski definition) is 14. The lowest BCUT2D eigenvalue weighted by atomic mass is 10.1. The number of methoxy groups -OCH3 is 2. The average Bonchev–Trinajstić information content (AvgIpc) is 3.12. The summed E-state index contributed by atoms with van der Waals surface area (Å²) < 4.78 is 31.0. The molecular formula is C37H33N3O13. The van der Waals surface area contributed by atoms with Gasteiger partial charge >= 0.3 is 29.8 Å². The van der Waals surface area contributed by atoms with Crippen LogP contribution < -0.4 is 24.3 Å². The molecule has 0 fully saturated rings. The summed E-state index contributed by atoms with van der Waals surface area (Å²) >= 11 is 0. The predicted octanol–water partition coefficient (Wildman–Crippen LogP) is 5.75. The molecule has 0 aromatic heterocycles. The van der Waals surface area contributed by atoms with Crippen LogP contribution in [0.3, 0.4) is 0 Å². The van der Waals surface area contributed by atoms with Gasteiger partial charge in [0.15, 0.2) is 23.0 Å². The fourth-order valence-corrected chi connectivity index (χ4v) is 4.48.